The summed E-state index contributed by atoms with van der Waals surface area (Å²) in [4.78, 5) is 38.0. The number of benzene rings is 1. The maximum Gasteiger partial charge on any atom is 0.233 e. The van der Waals surface area contributed by atoms with Gasteiger partial charge in [-0.2, -0.15) is 0 Å². The molecule has 2 atom stereocenters. The molecule has 1 fully saturated rings. The minimum absolute atomic E-state index is 0.113. The van der Waals surface area contributed by atoms with Gasteiger partial charge in [-0.15, -0.1) is 0 Å². The van der Waals surface area contributed by atoms with E-state index in [9.17, 15) is 14.4 Å². The smallest absolute Gasteiger partial charge is 0.233 e. The third kappa shape index (κ3) is 3.88. The number of hydrogen-bond donors (Lipinski definition) is 1. The molecular weight excluding hydrogens is 363 g/mol. The Morgan fingerprint density at radius 2 is 1.76 bits per heavy atom. The van der Waals surface area contributed by atoms with Crippen molar-refractivity contribution in [3.63, 3.8) is 0 Å². The number of likely N-dealkylation sites (tertiary alicyclic amines) is 1. The lowest BCUT2D eigenvalue weighted by atomic mass is 9.85. The van der Waals surface area contributed by atoms with Crippen LogP contribution in [0.15, 0.2) is 30.4 Å². The number of anilines is 1. The predicted molar refractivity (Wildman–Crippen MR) is 96.4 cm³/mol. The first-order valence-electron chi connectivity index (χ1n) is 8.22. The molecule has 0 bridgehead atoms. The van der Waals surface area contributed by atoms with Crippen LogP contribution in [0, 0.1) is 11.8 Å². The second-order valence-electron chi connectivity index (χ2n) is 6.26. The molecule has 1 heterocycles. The highest BCUT2D eigenvalue weighted by atomic mass is 35.5. The fourth-order valence-corrected chi connectivity index (χ4v) is 3.63. The summed E-state index contributed by atoms with van der Waals surface area (Å²) in [5.41, 5.74) is 0.449. The number of carbonyl (C=O) groups is 3. The summed E-state index contributed by atoms with van der Waals surface area (Å²) in [6.07, 6.45) is 5.76. The van der Waals surface area contributed by atoms with Crippen molar-refractivity contribution in [2.75, 3.05) is 11.9 Å². The molecule has 0 unspecified atom stereocenters. The molecule has 5 nitrogen and oxygen atoms in total. The second kappa shape index (κ2) is 7.58. The van der Waals surface area contributed by atoms with Gasteiger partial charge in [0.05, 0.1) is 22.5 Å². The quantitative estimate of drug-likeness (QED) is 0.625. The molecule has 25 heavy (non-hydrogen) atoms. The van der Waals surface area contributed by atoms with Gasteiger partial charge in [0.15, 0.2) is 0 Å². The molecule has 1 N–H and O–H groups in total. The third-order valence-corrected chi connectivity index (χ3v) is 5.15. The molecule has 0 spiro atoms. The Balaban J connectivity index is 1.51. The predicted octanol–water partition coefficient (Wildman–Crippen LogP) is 3.66. The number of halogens is 2. The minimum atomic E-state index is -0.234. The third-order valence-electron chi connectivity index (χ3n) is 4.59. The Bertz CT molecular complexity index is 722. The van der Waals surface area contributed by atoms with E-state index >= 15 is 0 Å². The maximum atomic E-state index is 12.3. The largest absolute Gasteiger partial charge is 0.325 e. The van der Waals surface area contributed by atoms with E-state index in [-0.39, 0.29) is 42.5 Å². The standard InChI is InChI=1S/C18H18Cl2N2O3/c19-11-7-8-14(20)15(10-11)21-16(23)6-3-9-22-17(24)12-4-1-2-5-13(12)18(22)25/h1-2,7-8,10,12-13H,3-6,9H2,(H,21,23)/t12-,13-/m1/s1. The molecule has 0 aromatic heterocycles. The van der Waals surface area contributed by atoms with Gasteiger partial charge in [0, 0.05) is 18.0 Å². The van der Waals surface area contributed by atoms with Gasteiger partial charge in [0.1, 0.15) is 0 Å². The van der Waals surface area contributed by atoms with Gasteiger partial charge >= 0.3 is 0 Å². The van der Waals surface area contributed by atoms with Crippen LogP contribution < -0.4 is 5.32 Å². The van der Waals surface area contributed by atoms with Gasteiger partial charge in [0.25, 0.3) is 0 Å². The molecule has 1 aliphatic heterocycles. The molecule has 2 aliphatic rings. The van der Waals surface area contributed by atoms with Crippen molar-refractivity contribution >= 4 is 46.6 Å². The molecule has 1 aromatic carbocycles. The molecule has 7 heteroatoms. The highest BCUT2D eigenvalue weighted by Gasteiger charge is 2.46. The Morgan fingerprint density at radius 3 is 2.40 bits per heavy atom. The van der Waals surface area contributed by atoms with Crippen LogP contribution in [0.4, 0.5) is 5.69 Å². The van der Waals surface area contributed by atoms with Gasteiger partial charge < -0.3 is 5.32 Å². The molecule has 1 saturated heterocycles. The van der Waals surface area contributed by atoms with E-state index in [1.807, 2.05) is 12.2 Å². The van der Waals surface area contributed by atoms with Crippen LogP contribution in [-0.2, 0) is 14.4 Å². The van der Waals surface area contributed by atoms with Gasteiger partial charge in [-0.3, -0.25) is 19.3 Å². The molecule has 1 aromatic rings. The summed E-state index contributed by atoms with van der Waals surface area (Å²) in [6, 6.07) is 4.82. The molecular formula is C18H18Cl2N2O3. The molecule has 3 rings (SSSR count). The van der Waals surface area contributed by atoms with E-state index in [0.717, 1.165) is 0 Å². The van der Waals surface area contributed by atoms with Crippen LogP contribution in [0.5, 0.6) is 0 Å². The number of nitrogens with one attached hydrogen (secondary N) is 1. The molecule has 0 radical (unpaired) electrons. The van der Waals surface area contributed by atoms with E-state index in [1.165, 1.54) is 4.90 Å². The van der Waals surface area contributed by atoms with Gasteiger partial charge in [-0.05, 0) is 37.5 Å². The van der Waals surface area contributed by atoms with Crippen molar-refractivity contribution in [3.05, 3.63) is 40.4 Å². The van der Waals surface area contributed by atoms with Gasteiger partial charge in [-0.1, -0.05) is 35.4 Å². The van der Waals surface area contributed by atoms with E-state index in [1.54, 1.807) is 18.2 Å². The van der Waals surface area contributed by atoms with Crippen molar-refractivity contribution in [1.29, 1.82) is 0 Å². The zero-order valence-electron chi connectivity index (χ0n) is 13.5. The summed E-state index contributed by atoms with van der Waals surface area (Å²) in [6.45, 7) is 0.265. The lowest BCUT2D eigenvalue weighted by molar-refractivity contribution is -0.140. The summed E-state index contributed by atoms with van der Waals surface area (Å²) in [5, 5.41) is 3.57. The van der Waals surface area contributed by atoms with Gasteiger partial charge in [-0.25, -0.2) is 0 Å². The number of fused-ring (bicyclic) bond motifs is 1. The SMILES string of the molecule is O=C(CCCN1C(=O)[C@@H]2CC=CC[C@H]2C1=O)Nc1cc(Cl)ccc1Cl. The van der Waals surface area contributed by atoms with Crippen LogP contribution in [0.3, 0.4) is 0 Å². The van der Waals surface area contributed by atoms with Crippen LogP contribution in [0.1, 0.15) is 25.7 Å². The summed E-state index contributed by atoms with van der Waals surface area (Å²) in [5.74, 6) is -0.911. The number of nitrogens with zero attached hydrogens (tertiary/aromatic N) is 1. The first kappa shape index (κ1) is 18.0. The lowest BCUT2D eigenvalue weighted by Crippen LogP contribution is -2.32. The van der Waals surface area contributed by atoms with E-state index in [2.05, 4.69) is 5.32 Å². The number of amides is 3. The van der Waals surface area contributed by atoms with Crippen molar-refractivity contribution < 1.29 is 14.4 Å². The number of carbonyl (C=O) groups excluding carboxylic acids is 3. The van der Waals surface area contributed by atoms with E-state index < -0.39 is 0 Å². The van der Waals surface area contributed by atoms with Crippen molar-refractivity contribution in [1.82, 2.24) is 4.90 Å². The number of hydrogen-bond acceptors (Lipinski definition) is 3. The number of imide groups is 1. The fourth-order valence-electron chi connectivity index (χ4n) is 3.29. The number of rotatable bonds is 5. The Hall–Kier alpha value is -1.85. The highest BCUT2D eigenvalue weighted by molar-refractivity contribution is 6.35. The highest BCUT2D eigenvalue weighted by Crippen LogP contribution is 2.35. The summed E-state index contributed by atoms with van der Waals surface area (Å²) in [7, 11) is 0. The van der Waals surface area contributed by atoms with Crippen LogP contribution in [0.2, 0.25) is 10.0 Å². The average Bonchev–Trinajstić information content (AvgIpc) is 2.83. The number of allylic oxidation sites excluding steroid dienone is 2. The van der Waals surface area contributed by atoms with E-state index in [4.69, 9.17) is 23.2 Å². The summed E-state index contributed by atoms with van der Waals surface area (Å²) < 4.78 is 0. The Labute approximate surface area is 156 Å². The molecule has 0 saturated carbocycles. The first-order valence-corrected chi connectivity index (χ1v) is 8.98. The van der Waals surface area contributed by atoms with E-state index in [0.29, 0.717) is 35.0 Å². The zero-order valence-corrected chi connectivity index (χ0v) is 15.0. The second-order valence-corrected chi connectivity index (χ2v) is 7.10. The monoisotopic (exact) mass is 380 g/mol. The zero-order chi connectivity index (χ0) is 18.0. The average molecular weight is 381 g/mol. The van der Waals surface area contributed by atoms with Crippen LogP contribution in [0.25, 0.3) is 0 Å². The topological polar surface area (TPSA) is 66.5 Å². The van der Waals surface area contributed by atoms with Crippen LogP contribution in [-0.4, -0.2) is 29.2 Å². The molecule has 3 amide bonds. The molecule has 1 aliphatic carbocycles. The van der Waals surface area contributed by atoms with Crippen molar-refractivity contribution in [2.24, 2.45) is 11.8 Å². The Kier molecular flexibility index (Phi) is 5.45. The first-order chi connectivity index (χ1) is 12.0. The summed E-state index contributed by atoms with van der Waals surface area (Å²) >= 11 is 11.9. The fraction of sp³-hybridized carbons (Fsp3) is 0.389. The Morgan fingerprint density at radius 1 is 1.12 bits per heavy atom. The van der Waals surface area contributed by atoms with Crippen molar-refractivity contribution in [3.8, 4) is 0 Å². The van der Waals surface area contributed by atoms with Crippen molar-refractivity contribution in [2.45, 2.75) is 25.7 Å². The lowest BCUT2D eigenvalue weighted by Gasteiger charge is -2.14. The maximum absolute atomic E-state index is 12.3. The minimum Gasteiger partial charge on any atom is -0.325 e. The van der Waals surface area contributed by atoms with Gasteiger partial charge in [0.2, 0.25) is 17.7 Å². The normalized spacial score (nSPS) is 22.2. The van der Waals surface area contributed by atoms with Crippen LogP contribution >= 0.6 is 23.2 Å². The molecule has 132 valence electrons.